The zero-order valence-electron chi connectivity index (χ0n) is 11.6. The van der Waals surface area contributed by atoms with Crippen LogP contribution in [0.2, 0.25) is 0 Å². The van der Waals surface area contributed by atoms with Gasteiger partial charge in [-0.1, -0.05) is 0 Å². The lowest BCUT2D eigenvalue weighted by atomic mass is 10.2. The molecule has 2 heterocycles. The summed E-state index contributed by atoms with van der Waals surface area (Å²) in [6.07, 6.45) is 1.88. The second-order valence-corrected chi connectivity index (χ2v) is 6.99. The van der Waals surface area contributed by atoms with Gasteiger partial charge in [-0.15, -0.1) is 11.3 Å². The third-order valence-electron chi connectivity index (χ3n) is 3.21. The summed E-state index contributed by atoms with van der Waals surface area (Å²) in [5.74, 6) is -1.24. The van der Waals surface area contributed by atoms with Crippen LogP contribution in [-0.4, -0.2) is 23.6 Å². The Kier molecular flexibility index (Phi) is 4.35. The first-order valence-electron chi connectivity index (χ1n) is 6.88. The van der Waals surface area contributed by atoms with Gasteiger partial charge in [-0.25, -0.2) is 0 Å². The monoisotopic (exact) mass is 334 g/mol. The van der Waals surface area contributed by atoms with Crippen LogP contribution in [0.25, 0.3) is 0 Å². The zero-order valence-corrected chi connectivity index (χ0v) is 13.3. The molecule has 114 valence electrons. The van der Waals surface area contributed by atoms with Gasteiger partial charge in [0.15, 0.2) is 0 Å². The lowest BCUT2D eigenvalue weighted by Crippen LogP contribution is -2.40. The summed E-state index contributed by atoms with van der Waals surface area (Å²) in [5, 5.41) is 8.87. The molecule has 2 aromatic heterocycles. The number of nitrogens with one attached hydrogen (secondary N) is 2. The third-order valence-corrected chi connectivity index (χ3v) is 4.98. The Morgan fingerprint density at radius 1 is 1.14 bits per heavy atom. The van der Waals surface area contributed by atoms with Crippen LogP contribution in [0.15, 0.2) is 29.0 Å². The average Bonchev–Trinajstić information content (AvgIpc) is 3.01. The molecule has 2 amide bonds. The number of hydrogen-bond acceptors (Lipinski definition) is 5. The Morgan fingerprint density at radius 3 is 2.64 bits per heavy atom. The first-order valence-corrected chi connectivity index (χ1v) is 8.63. The fourth-order valence-electron chi connectivity index (χ4n) is 1.86. The van der Waals surface area contributed by atoms with Crippen LogP contribution in [0.1, 0.15) is 33.0 Å². The maximum absolute atomic E-state index is 12.2. The maximum atomic E-state index is 12.2. The highest BCUT2D eigenvalue weighted by Crippen LogP contribution is 2.21. The van der Waals surface area contributed by atoms with Crippen molar-refractivity contribution in [1.82, 2.24) is 10.6 Å². The van der Waals surface area contributed by atoms with E-state index in [4.69, 9.17) is 0 Å². The van der Waals surface area contributed by atoms with Crippen molar-refractivity contribution >= 4 is 40.3 Å². The smallest absolute Gasteiger partial charge is 0.309 e. The SMILES string of the molecule is O=C(NCc1ccc(C(=O)c2ccsc2)s1)C(=O)NC1CC1. The Balaban J connectivity index is 1.54. The van der Waals surface area contributed by atoms with E-state index < -0.39 is 11.8 Å². The fourth-order valence-corrected chi connectivity index (χ4v) is 3.40. The summed E-state index contributed by atoms with van der Waals surface area (Å²) in [6, 6.07) is 5.49. The van der Waals surface area contributed by atoms with E-state index in [1.807, 2.05) is 10.8 Å². The predicted molar refractivity (Wildman–Crippen MR) is 85.1 cm³/mol. The van der Waals surface area contributed by atoms with Gasteiger partial charge < -0.3 is 10.6 Å². The lowest BCUT2D eigenvalue weighted by Gasteiger charge is -2.03. The number of thiophene rings is 2. The van der Waals surface area contributed by atoms with Crippen molar-refractivity contribution in [3.05, 3.63) is 44.3 Å². The van der Waals surface area contributed by atoms with E-state index in [9.17, 15) is 14.4 Å². The molecule has 2 aromatic rings. The minimum Gasteiger partial charge on any atom is -0.345 e. The quantitative estimate of drug-likeness (QED) is 0.648. The molecule has 3 rings (SSSR count). The standard InChI is InChI=1S/C15H14N2O3S2/c18-13(9-5-6-21-8-9)12-4-3-11(22-12)7-16-14(19)15(20)17-10-1-2-10/h3-6,8,10H,1-2,7H2,(H,16,19)(H,17,20). The molecule has 0 aliphatic heterocycles. The van der Waals surface area contributed by atoms with Crippen LogP contribution in [0.4, 0.5) is 0 Å². The van der Waals surface area contributed by atoms with Gasteiger partial charge in [0.25, 0.3) is 0 Å². The number of amides is 2. The summed E-state index contributed by atoms with van der Waals surface area (Å²) < 4.78 is 0. The molecule has 1 aliphatic rings. The van der Waals surface area contributed by atoms with Crippen molar-refractivity contribution in [2.24, 2.45) is 0 Å². The first-order chi connectivity index (χ1) is 10.6. The van der Waals surface area contributed by atoms with Crippen LogP contribution in [0.5, 0.6) is 0 Å². The molecule has 0 unspecified atom stereocenters. The molecule has 1 saturated carbocycles. The Bertz CT molecular complexity index is 702. The van der Waals surface area contributed by atoms with Crippen molar-refractivity contribution in [3.8, 4) is 0 Å². The van der Waals surface area contributed by atoms with Gasteiger partial charge in [0, 0.05) is 21.9 Å². The molecule has 7 heteroatoms. The Labute approximate surface area is 135 Å². The van der Waals surface area contributed by atoms with Gasteiger partial charge in [-0.3, -0.25) is 14.4 Å². The molecule has 0 atom stereocenters. The molecule has 0 spiro atoms. The van der Waals surface area contributed by atoms with Gasteiger partial charge in [0.1, 0.15) is 0 Å². The van der Waals surface area contributed by atoms with Crippen molar-refractivity contribution in [3.63, 3.8) is 0 Å². The van der Waals surface area contributed by atoms with E-state index in [2.05, 4.69) is 10.6 Å². The maximum Gasteiger partial charge on any atom is 0.309 e. The van der Waals surface area contributed by atoms with E-state index in [1.165, 1.54) is 22.7 Å². The Morgan fingerprint density at radius 2 is 1.95 bits per heavy atom. The molecule has 0 radical (unpaired) electrons. The van der Waals surface area contributed by atoms with Gasteiger partial charge in [-0.05, 0) is 36.4 Å². The Hall–Kier alpha value is -1.99. The van der Waals surface area contributed by atoms with Crippen LogP contribution in [-0.2, 0) is 16.1 Å². The third kappa shape index (κ3) is 3.61. The zero-order chi connectivity index (χ0) is 15.5. The largest absolute Gasteiger partial charge is 0.345 e. The van der Waals surface area contributed by atoms with Crippen molar-refractivity contribution in [1.29, 1.82) is 0 Å². The lowest BCUT2D eigenvalue weighted by molar-refractivity contribution is -0.139. The van der Waals surface area contributed by atoms with Gasteiger partial charge in [0.2, 0.25) is 5.78 Å². The van der Waals surface area contributed by atoms with Gasteiger partial charge in [-0.2, -0.15) is 11.3 Å². The number of ketones is 1. The molecule has 0 bridgehead atoms. The van der Waals surface area contributed by atoms with E-state index in [-0.39, 0.29) is 18.4 Å². The summed E-state index contributed by atoms with van der Waals surface area (Å²) in [5.41, 5.74) is 0.672. The van der Waals surface area contributed by atoms with Crippen LogP contribution < -0.4 is 10.6 Å². The summed E-state index contributed by atoms with van der Waals surface area (Å²) >= 11 is 2.81. The summed E-state index contributed by atoms with van der Waals surface area (Å²) in [7, 11) is 0. The highest BCUT2D eigenvalue weighted by atomic mass is 32.1. The summed E-state index contributed by atoms with van der Waals surface area (Å²) in [6.45, 7) is 0.249. The molecule has 2 N–H and O–H groups in total. The normalized spacial score (nSPS) is 13.6. The van der Waals surface area contributed by atoms with Crippen molar-refractivity contribution in [2.45, 2.75) is 25.4 Å². The molecule has 5 nitrogen and oxygen atoms in total. The first kappa shape index (κ1) is 14.9. The van der Waals surface area contributed by atoms with E-state index >= 15 is 0 Å². The molecule has 0 saturated heterocycles. The van der Waals surface area contributed by atoms with E-state index in [1.54, 1.807) is 18.2 Å². The van der Waals surface area contributed by atoms with Gasteiger partial charge in [0.05, 0.1) is 11.4 Å². The highest BCUT2D eigenvalue weighted by Gasteiger charge is 2.26. The highest BCUT2D eigenvalue weighted by molar-refractivity contribution is 7.14. The number of carbonyl (C=O) groups excluding carboxylic acids is 3. The van der Waals surface area contributed by atoms with Crippen LogP contribution >= 0.6 is 22.7 Å². The van der Waals surface area contributed by atoms with Gasteiger partial charge >= 0.3 is 11.8 Å². The molecule has 22 heavy (non-hydrogen) atoms. The van der Waals surface area contributed by atoms with Crippen molar-refractivity contribution in [2.75, 3.05) is 0 Å². The molecular formula is C15H14N2O3S2. The minimum atomic E-state index is -0.633. The van der Waals surface area contributed by atoms with E-state index in [0.29, 0.717) is 10.4 Å². The topological polar surface area (TPSA) is 75.3 Å². The minimum absolute atomic E-state index is 0.0182. The summed E-state index contributed by atoms with van der Waals surface area (Å²) in [4.78, 5) is 36.8. The second kappa shape index (κ2) is 6.41. The van der Waals surface area contributed by atoms with Crippen LogP contribution in [0, 0.1) is 0 Å². The molecule has 1 aliphatic carbocycles. The van der Waals surface area contributed by atoms with E-state index in [0.717, 1.165) is 17.7 Å². The average molecular weight is 334 g/mol. The number of carbonyl (C=O) groups is 3. The predicted octanol–water partition coefficient (Wildman–Crippen LogP) is 1.94. The number of rotatable bonds is 5. The second-order valence-electron chi connectivity index (χ2n) is 5.04. The van der Waals surface area contributed by atoms with Crippen LogP contribution in [0.3, 0.4) is 0 Å². The number of hydrogen-bond donors (Lipinski definition) is 2. The molecule has 0 aromatic carbocycles. The fraction of sp³-hybridized carbons (Fsp3) is 0.267. The van der Waals surface area contributed by atoms with Crippen molar-refractivity contribution < 1.29 is 14.4 Å². The molecule has 1 fully saturated rings. The molecular weight excluding hydrogens is 320 g/mol.